The lowest BCUT2D eigenvalue weighted by molar-refractivity contribution is -0.131. The average Bonchev–Trinajstić information content (AvgIpc) is 2.78. The van der Waals surface area contributed by atoms with E-state index in [1.807, 2.05) is 60.4 Å². The van der Waals surface area contributed by atoms with Gasteiger partial charge in [0.25, 0.3) is 5.91 Å². The van der Waals surface area contributed by atoms with Gasteiger partial charge in [-0.3, -0.25) is 14.6 Å². The van der Waals surface area contributed by atoms with Crippen LogP contribution in [0.25, 0.3) is 10.9 Å². The number of benzene rings is 2. The predicted octanol–water partition coefficient (Wildman–Crippen LogP) is 3.60. The van der Waals surface area contributed by atoms with E-state index in [4.69, 9.17) is 15.5 Å². The third-order valence-corrected chi connectivity index (χ3v) is 5.99. The van der Waals surface area contributed by atoms with E-state index in [9.17, 15) is 9.59 Å². The van der Waals surface area contributed by atoms with Crippen molar-refractivity contribution in [2.24, 2.45) is 5.73 Å². The summed E-state index contributed by atoms with van der Waals surface area (Å²) in [4.78, 5) is 31.8. The van der Waals surface area contributed by atoms with Crippen molar-refractivity contribution in [2.45, 2.75) is 32.1 Å². The van der Waals surface area contributed by atoms with Crippen molar-refractivity contribution in [3.05, 3.63) is 70.9 Å². The van der Waals surface area contributed by atoms with Crippen LogP contribution in [-0.2, 0) is 11.2 Å². The molecule has 2 N–H and O–H groups in total. The van der Waals surface area contributed by atoms with Gasteiger partial charge >= 0.3 is 0 Å². The maximum atomic E-state index is 13.0. The summed E-state index contributed by atoms with van der Waals surface area (Å²) < 4.78 is 5.31. The number of aryl methyl sites for hydroxylation is 1. The highest BCUT2D eigenvalue weighted by Gasteiger charge is 2.28. The standard InChI is InChI=1S/C25H27N3O3/c1-16-12-17(9-10-22(16)31-2)13-23(29)28-11-5-7-19(15-28)24-20(25(26)30)14-18-6-3-4-8-21(18)27-24/h3-4,6,8-10,12,14,19H,5,7,11,13,15H2,1-2H3,(H2,26,30). The Bertz CT molecular complexity index is 1140. The van der Waals surface area contributed by atoms with Crippen LogP contribution >= 0.6 is 0 Å². The molecule has 0 radical (unpaired) electrons. The zero-order chi connectivity index (χ0) is 22.0. The number of piperidine rings is 1. The number of pyridine rings is 1. The number of likely N-dealkylation sites (tertiary alicyclic amines) is 1. The Hall–Kier alpha value is -3.41. The van der Waals surface area contributed by atoms with Gasteiger partial charge in [-0.2, -0.15) is 0 Å². The van der Waals surface area contributed by atoms with Gasteiger partial charge in [0.05, 0.1) is 30.3 Å². The Morgan fingerprint density at radius 3 is 2.74 bits per heavy atom. The number of aromatic nitrogens is 1. The molecule has 4 rings (SSSR count). The van der Waals surface area contributed by atoms with Gasteiger partial charge in [-0.15, -0.1) is 0 Å². The first-order chi connectivity index (χ1) is 15.0. The SMILES string of the molecule is COc1ccc(CC(=O)N2CCCC(c3nc4ccccc4cc3C(N)=O)C2)cc1C. The summed E-state index contributed by atoms with van der Waals surface area (Å²) in [6, 6.07) is 15.3. The monoisotopic (exact) mass is 417 g/mol. The van der Waals surface area contributed by atoms with Gasteiger partial charge < -0.3 is 15.4 Å². The summed E-state index contributed by atoms with van der Waals surface area (Å²) in [5, 5.41) is 0.888. The molecule has 0 saturated carbocycles. The van der Waals surface area contributed by atoms with Crippen LogP contribution in [0.1, 0.15) is 45.9 Å². The first-order valence-corrected chi connectivity index (χ1v) is 10.6. The number of carbonyl (C=O) groups is 2. The summed E-state index contributed by atoms with van der Waals surface area (Å²) in [6.45, 7) is 3.23. The molecule has 1 unspecified atom stereocenters. The number of ether oxygens (including phenoxy) is 1. The molecule has 31 heavy (non-hydrogen) atoms. The molecule has 160 valence electrons. The zero-order valence-corrected chi connectivity index (χ0v) is 17.9. The Morgan fingerprint density at radius 1 is 1.19 bits per heavy atom. The van der Waals surface area contributed by atoms with E-state index in [2.05, 4.69) is 0 Å². The van der Waals surface area contributed by atoms with Gasteiger partial charge in [0.15, 0.2) is 0 Å². The number of carbonyl (C=O) groups excluding carboxylic acids is 2. The molecule has 1 aliphatic heterocycles. The van der Waals surface area contributed by atoms with Gasteiger partial charge in [0.1, 0.15) is 5.75 Å². The molecular formula is C25H27N3O3. The Kier molecular flexibility index (Phi) is 5.89. The van der Waals surface area contributed by atoms with Gasteiger partial charge in [-0.1, -0.05) is 30.3 Å². The highest BCUT2D eigenvalue weighted by atomic mass is 16.5. The maximum absolute atomic E-state index is 13.0. The highest BCUT2D eigenvalue weighted by molar-refractivity contribution is 5.97. The maximum Gasteiger partial charge on any atom is 0.250 e. The van der Waals surface area contributed by atoms with E-state index < -0.39 is 5.91 Å². The highest BCUT2D eigenvalue weighted by Crippen LogP contribution is 2.30. The predicted molar refractivity (Wildman–Crippen MR) is 120 cm³/mol. The van der Waals surface area contributed by atoms with Gasteiger partial charge in [-0.05, 0) is 49.1 Å². The number of para-hydroxylation sites is 1. The summed E-state index contributed by atoms with van der Waals surface area (Å²) in [5.41, 5.74) is 9.63. The Balaban J connectivity index is 1.56. The molecule has 2 amide bonds. The fourth-order valence-electron chi connectivity index (χ4n) is 4.40. The number of amides is 2. The van der Waals surface area contributed by atoms with Crippen molar-refractivity contribution < 1.29 is 14.3 Å². The number of hydrogen-bond donors (Lipinski definition) is 1. The van der Waals surface area contributed by atoms with Crippen molar-refractivity contribution in [2.75, 3.05) is 20.2 Å². The zero-order valence-electron chi connectivity index (χ0n) is 17.9. The van der Waals surface area contributed by atoms with Crippen LogP contribution in [0.5, 0.6) is 5.75 Å². The Morgan fingerprint density at radius 2 is 2.00 bits per heavy atom. The lowest BCUT2D eigenvalue weighted by atomic mass is 9.90. The first kappa shape index (κ1) is 20.8. The fourth-order valence-corrected chi connectivity index (χ4v) is 4.40. The average molecular weight is 418 g/mol. The minimum atomic E-state index is -0.481. The number of fused-ring (bicyclic) bond motifs is 1. The summed E-state index contributed by atoms with van der Waals surface area (Å²) in [6.07, 6.45) is 2.08. The van der Waals surface area contributed by atoms with Gasteiger partial charge in [0.2, 0.25) is 5.91 Å². The van der Waals surface area contributed by atoms with Crippen molar-refractivity contribution >= 4 is 22.7 Å². The van der Waals surface area contributed by atoms with E-state index >= 15 is 0 Å². The van der Waals surface area contributed by atoms with Crippen molar-refractivity contribution in [3.63, 3.8) is 0 Å². The smallest absolute Gasteiger partial charge is 0.250 e. The molecule has 2 heterocycles. The lowest BCUT2D eigenvalue weighted by Crippen LogP contribution is -2.40. The second kappa shape index (κ2) is 8.76. The lowest BCUT2D eigenvalue weighted by Gasteiger charge is -2.33. The molecule has 2 aromatic carbocycles. The third-order valence-electron chi connectivity index (χ3n) is 5.99. The van der Waals surface area contributed by atoms with Crippen LogP contribution in [0.15, 0.2) is 48.5 Å². The number of nitrogens with zero attached hydrogens (tertiary/aromatic N) is 2. The number of hydrogen-bond acceptors (Lipinski definition) is 4. The van der Waals surface area contributed by atoms with E-state index in [-0.39, 0.29) is 11.8 Å². The van der Waals surface area contributed by atoms with Crippen molar-refractivity contribution in [1.82, 2.24) is 9.88 Å². The molecule has 0 aliphatic carbocycles. The van der Waals surface area contributed by atoms with Crippen LogP contribution in [-0.4, -0.2) is 41.9 Å². The van der Waals surface area contributed by atoms with E-state index in [0.717, 1.165) is 40.6 Å². The minimum Gasteiger partial charge on any atom is -0.496 e. The second-order valence-electron chi connectivity index (χ2n) is 8.14. The van der Waals surface area contributed by atoms with E-state index in [1.165, 1.54) is 0 Å². The quantitative estimate of drug-likeness (QED) is 0.687. The Labute approximate surface area is 182 Å². The third kappa shape index (κ3) is 4.38. The molecule has 3 aromatic rings. The number of rotatable bonds is 5. The normalized spacial score (nSPS) is 16.3. The molecule has 0 spiro atoms. The van der Waals surface area contributed by atoms with E-state index in [0.29, 0.717) is 30.8 Å². The van der Waals surface area contributed by atoms with Crippen LogP contribution < -0.4 is 10.5 Å². The molecule has 1 atom stereocenters. The summed E-state index contributed by atoms with van der Waals surface area (Å²) >= 11 is 0. The second-order valence-corrected chi connectivity index (χ2v) is 8.14. The van der Waals surface area contributed by atoms with Crippen LogP contribution in [0.2, 0.25) is 0 Å². The fraction of sp³-hybridized carbons (Fsp3) is 0.320. The molecule has 1 saturated heterocycles. The molecule has 6 nitrogen and oxygen atoms in total. The molecular weight excluding hydrogens is 390 g/mol. The molecule has 1 aromatic heterocycles. The topological polar surface area (TPSA) is 85.5 Å². The summed E-state index contributed by atoms with van der Waals surface area (Å²) in [7, 11) is 1.64. The molecule has 0 bridgehead atoms. The van der Waals surface area contributed by atoms with Crippen LogP contribution in [0, 0.1) is 6.92 Å². The number of methoxy groups -OCH3 is 1. The van der Waals surface area contributed by atoms with Gasteiger partial charge in [0, 0.05) is 24.4 Å². The number of primary amides is 1. The van der Waals surface area contributed by atoms with Crippen molar-refractivity contribution in [1.29, 1.82) is 0 Å². The largest absolute Gasteiger partial charge is 0.496 e. The minimum absolute atomic E-state index is 0.0117. The molecule has 6 heteroatoms. The summed E-state index contributed by atoms with van der Waals surface area (Å²) in [5.74, 6) is 0.402. The molecule has 1 fully saturated rings. The van der Waals surface area contributed by atoms with Crippen LogP contribution in [0.3, 0.4) is 0 Å². The number of nitrogens with two attached hydrogens (primary N) is 1. The van der Waals surface area contributed by atoms with Crippen LogP contribution in [0.4, 0.5) is 0 Å². The van der Waals surface area contributed by atoms with Gasteiger partial charge in [-0.25, -0.2) is 0 Å². The van der Waals surface area contributed by atoms with E-state index in [1.54, 1.807) is 7.11 Å². The van der Waals surface area contributed by atoms with Crippen molar-refractivity contribution in [3.8, 4) is 5.75 Å². The molecule has 1 aliphatic rings. The first-order valence-electron chi connectivity index (χ1n) is 10.6.